The summed E-state index contributed by atoms with van der Waals surface area (Å²) >= 11 is 1.02. The number of rotatable bonds is 8. The van der Waals surface area contributed by atoms with Gasteiger partial charge in [-0.2, -0.15) is 0 Å². The maximum Gasteiger partial charge on any atom is 0.341 e. The lowest BCUT2D eigenvalue weighted by Crippen LogP contribution is -2.18. The molecule has 0 bridgehead atoms. The van der Waals surface area contributed by atoms with Crippen LogP contribution in [0.5, 0.6) is 0 Å². The molecular formula is C23H23FN2O5S. The summed E-state index contributed by atoms with van der Waals surface area (Å²) in [4.78, 5) is 37.4. The molecule has 0 aliphatic rings. The van der Waals surface area contributed by atoms with E-state index in [1.807, 2.05) is 0 Å². The number of halogens is 1. The van der Waals surface area contributed by atoms with E-state index >= 15 is 0 Å². The predicted octanol–water partition coefficient (Wildman–Crippen LogP) is 4.56. The van der Waals surface area contributed by atoms with Crippen LogP contribution in [0.25, 0.3) is 11.3 Å². The van der Waals surface area contributed by atoms with E-state index in [9.17, 15) is 18.8 Å². The number of amides is 2. The number of nitrogens with one attached hydrogen (secondary N) is 2. The highest BCUT2D eigenvalue weighted by molar-refractivity contribution is 7.18. The van der Waals surface area contributed by atoms with E-state index in [0.717, 1.165) is 11.3 Å². The Morgan fingerprint density at radius 1 is 1.16 bits per heavy atom. The summed E-state index contributed by atoms with van der Waals surface area (Å²) < 4.78 is 24.7. The number of benzene rings is 1. The van der Waals surface area contributed by atoms with E-state index in [2.05, 4.69) is 10.6 Å². The molecule has 0 aliphatic carbocycles. The summed E-state index contributed by atoms with van der Waals surface area (Å²) in [6.45, 7) is 3.48. The summed E-state index contributed by atoms with van der Waals surface area (Å²) in [7, 11) is 1.49. The lowest BCUT2D eigenvalue weighted by Gasteiger charge is -2.07. The average molecular weight is 459 g/mol. The van der Waals surface area contributed by atoms with Gasteiger partial charge in [0.05, 0.1) is 22.6 Å². The molecule has 1 aromatic carbocycles. The Morgan fingerprint density at radius 3 is 2.59 bits per heavy atom. The zero-order valence-electron chi connectivity index (χ0n) is 17.9. The summed E-state index contributed by atoms with van der Waals surface area (Å²) in [5, 5.41) is 5.49. The van der Waals surface area contributed by atoms with Crippen molar-refractivity contribution < 1.29 is 27.9 Å². The largest absolute Gasteiger partial charge is 0.462 e. The third-order valence-electron chi connectivity index (χ3n) is 4.71. The lowest BCUT2D eigenvalue weighted by molar-refractivity contribution is -0.116. The Bertz CT molecular complexity index is 1150. The van der Waals surface area contributed by atoms with Crippen LogP contribution in [0.15, 0.2) is 40.8 Å². The summed E-state index contributed by atoms with van der Waals surface area (Å²) in [6.07, 6.45) is 0.348. The number of anilines is 1. The molecule has 2 aromatic heterocycles. The maximum absolute atomic E-state index is 13.9. The average Bonchev–Trinajstić information content (AvgIpc) is 3.36. The van der Waals surface area contributed by atoms with Gasteiger partial charge in [0.15, 0.2) is 0 Å². The number of aryl methyl sites for hydroxylation is 1. The molecule has 0 saturated heterocycles. The number of hydrogen-bond donors (Lipinski definition) is 2. The first kappa shape index (κ1) is 23.2. The van der Waals surface area contributed by atoms with Crippen LogP contribution in [0.2, 0.25) is 0 Å². The number of ether oxygens (including phenoxy) is 1. The highest BCUT2D eigenvalue weighted by Crippen LogP contribution is 2.34. The smallest absolute Gasteiger partial charge is 0.341 e. The van der Waals surface area contributed by atoms with Gasteiger partial charge in [-0.1, -0.05) is 12.1 Å². The van der Waals surface area contributed by atoms with Crippen LogP contribution in [0.4, 0.5) is 9.39 Å². The van der Waals surface area contributed by atoms with Crippen molar-refractivity contribution in [2.24, 2.45) is 0 Å². The molecule has 7 nitrogen and oxygen atoms in total. The second kappa shape index (κ2) is 10.2. The molecule has 3 aromatic rings. The fraction of sp³-hybridized carbons (Fsp3) is 0.261. The number of carbonyl (C=O) groups is 3. The number of esters is 1. The molecule has 2 amide bonds. The molecule has 0 saturated carbocycles. The Hall–Kier alpha value is -3.46. The monoisotopic (exact) mass is 458 g/mol. The second-order valence-corrected chi connectivity index (χ2v) is 7.87. The minimum atomic E-state index is -0.604. The number of thiophene rings is 1. The fourth-order valence-corrected chi connectivity index (χ4v) is 4.28. The molecule has 2 N–H and O–H groups in total. The van der Waals surface area contributed by atoms with Crippen molar-refractivity contribution in [3.05, 3.63) is 64.0 Å². The van der Waals surface area contributed by atoms with Crippen molar-refractivity contribution in [1.29, 1.82) is 0 Å². The first-order valence-corrected chi connectivity index (χ1v) is 10.8. The van der Waals surface area contributed by atoms with Crippen LogP contribution >= 0.6 is 11.3 Å². The van der Waals surface area contributed by atoms with E-state index in [4.69, 9.17) is 9.15 Å². The summed E-state index contributed by atoms with van der Waals surface area (Å²) in [6, 6.07) is 9.62. The quantitative estimate of drug-likeness (QED) is 0.482. The van der Waals surface area contributed by atoms with Gasteiger partial charge in [-0.25, -0.2) is 9.18 Å². The lowest BCUT2D eigenvalue weighted by atomic mass is 10.1. The van der Waals surface area contributed by atoms with E-state index in [1.54, 1.807) is 44.2 Å². The van der Waals surface area contributed by atoms with Gasteiger partial charge < -0.3 is 19.8 Å². The van der Waals surface area contributed by atoms with Gasteiger partial charge >= 0.3 is 5.97 Å². The van der Waals surface area contributed by atoms with Crippen molar-refractivity contribution in [1.82, 2.24) is 5.32 Å². The van der Waals surface area contributed by atoms with Gasteiger partial charge in [-0.3, -0.25) is 9.59 Å². The molecule has 9 heteroatoms. The predicted molar refractivity (Wildman–Crippen MR) is 119 cm³/mol. The Labute approximate surface area is 188 Å². The van der Waals surface area contributed by atoms with Crippen LogP contribution < -0.4 is 10.6 Å². The molecule has 0 aliphatic heterocycles. The molecule has 2 heterocycles. The molecule has 0 spiro atoms. The molecule has 168 valence electrons. The van der Waals surface area contributed by atoms with Crippen molar-refractivity contribution in [3.63, 3.8) is 0 Å². The van der Waals surface area contributed by atoms with E-state index < -0.39 is 11.8 Å². The van der Waals surface area contributed by atoms with Crippen molar-refractivity contribution >= 4 is 34.1 Å². The fourth-order valence-electron chi connectivity index (χ4n) is 3.12. The van der Waals surface area contributed by atoms with Gasteiger partial charge in [0.2, 0.25) is 5.91 Å². The standard InChI is InChI=1S/C23H23FN2O5S/c1-4-30-23(29)19-13(2)20(21(28)25-3)32-22(19)26-18(27)12-10-14-9-11-17(31-14)15-7-5-6-8-16(15)24/h5-9,11H,4,10,12H2,1-3H3,(H,25,28)(H,26,27). The minimum absolute atomic E-state index is 0.0682. The molecule has 32 heavy (non-hydrogen) atoms. The molecule has 0 atom stereocenters. The van der Waals surface area contributed by atoms with Crippen LogP contribution in [0.3, 0.4) is 0 Å². The van der Waals surface area contributed by atoms with Gasteiger partial charge in [0.25, 0.3) is 5.91 Å². The van der Waals surface area contributed by atoms with E-state index in [-0.39, 0.29) is 41.8 Å². The SMILES string of the molecule is CCOC(=O)c1c(NC(=O)CCc2ccc(-c3ccccc3F)o2)sc(C(=O)NC)c1C. The minimum Gasteiger partial charge on any atom is -0.462 e. The van der Waals surface area contributed by atoms with Gasteiger partial charge in [0, 0.05) is 19.9 Å². The first-order chi connectivity index (χ1) is 15.3. The summed E-state index contributed by atoms with van der Waals surface area (Å²) in [5.74, 6) is -0.798. The van der Waals surface area contributed by atoms with Crippen LogP contribution in [-0.2, 0) is 16.0 Å². The number of hydrogen-bond acceptors (Lipinski definition) is 6. The summed E-state index contributed by atoms with van der Waals surface area (Å²) in [5.41, 5.74) is 0.963. The molecular weight excluding hydrogens is 435 g/mol. The Morgan fingerprint density at radius 2 is 1.91 bits per heavy atom. The van der Waals surface area contributed by atoms with E-state index in [1.165, 1.54) is 13.1 Å². The second-order valence-electron chi connectivity index (χ2n) is 6.85. The normalized spacial score (nSPS) is 10.6. The Kier molecular flexibility index (Phi) is 7.42. The van der Waals surface area contributed by atoms with Crippen LogP contribution in [0, 0.1) is 12.7 Å². The van der Waals surface area contributed by atoms with Crippen LogP contribution in [-0.4, -0.2) is 31.4 Å². The Balaban J connectivity index is 1.72. The third-order valence-corrected chi connectivity index (χ3v) is 5.92. The van der Waals surface area contributed by atoms with E-state index in [0.29, 0.717) is 27.5 Å². The molecule has 0 unspecified atom stereocenters. The van der Waals surface area contributed by atoms with Crippen molar-refractivity contribution in [3.8, 4) is 11.3 Å². The van der Waals surface area contributed by atoms with Crippen LogP contribution in [0.1, 0.15) is 44.7 Å². The highest BCUT2D eigenvalue weighted by Gasteiger charge is 2.26. The number of carbonyl (C=O) groups excluding carboxylic acids is 3. The first-order valence-electron chi connectivity index (χ1n) is 10.0. The molecule has 0 radical (unpaired) electrons. The van der Waals surface area contributed by atoms with Gasteiger partial charge in [0.1, 0.15) is 22.3 Å². The van der Waals surface area contributed by atoms with Crippen molar-refractivity contribution in [2.45, 2.75) is 26.7 Å². The third kappa shape index (κ3) is 5.05. The highest BCUT2D eigenvalue weighted by atomic mass is 32.1. The zero-order valence-corrected chi connectivity index (χ0v) is 18.7. The van der Waals surface area contributed by atoms with Gasteiger partial charge in [-0.15, -0.1) is 11.3 Å². The maximum atomic E-state index is 13.9. The molecule has 3 rings (SSSR count). The molecule has 0 fully saturated rings. The number of furan rings is 1. The topological polar surface area (TPSA) is 97.6 Å². The van der Waals surface area contributed by atoms with Crippen molar-refractivity contribution in [2.75, 3.05) is 19.0 Å². The zero-order chi connectivity index (χ0) is 23.3. The van der Waals surface area contributed by atoms with Gasteiger partial charge in [-0.05, 0) is 43.7 Å².